The molecule has 0 spiro atoms. The van der Waals surface area contributed by atoms with E-state index in [1.807, 2.05) is 6.92 Å². The van der Waals surface area contributed by atoms with E-state index in [-0.39, 0.29) is 5.78 Å². The summed E-state index contributed by atoms with van der Waals surface area (Å²) < 4.78 is 0. The summed E-state index contributed by atoms with van der Waals surface area (Å²) >= 11 is 0. The fraction of sp³-hybridized carbons (Fsp3) is 0.833. The lowest BCUT2D eigenvalue weighted by molar-refractivity contribution is -0.182. The minimum atomic E-state index is 0.281. The Kier molecular flexibility index (Phi) is 2.19. The number of likely N-dealkylation sites (N-methyl/N-ethyl adjacent to an activating group) is 1. The molecule has 1 fully saturated rings. The van der Waals surface area contributed by atoms with Crippen molar-refractivity contribution in [2.24, 2.45) is 0 Å². The highest BCUT2D eigenvalue weighted by Crippen LogP contribution is 2.00. The Labute approximate surface area is 54.5 Å². The summed E-state index contributed by atoms with van der Waals surface area (Å²) in [6.45, 7) is 3.80. The lowest BCUT2D eigenvalue weighted by Gasteiger charge is -2.23. The number of hydrogen-bond donors (Lipinski definition) is 0. The summed E-state index contributed by atoms with van der Waals surface area (Å²) in [7, 11) is 0. The number of carbonyl (C=O) groups excluding carboxylic acids is 1. The van der Waals surface area contributed by atoms with Gasteiger partial charge >= 0.3 is 0 Å². The Bertz CT molecular complexity index is 114. The maximum absolute atomic E-state index is 10.7. The van der Waals surface area contributed by atoms with E-state index in [1.165, 1.54) is 0 Å². The van der Waals surface area contributed by atoms with Crippen molar-refractivity contribution in [3.63, 3.8) is 0 Å². The first kappa shape index (κ1) is 6.71. The van der Waals surface area contributed by atoms with Crippen LogP contribution in [0.4, 0.5) is 0 Å². The van der Waals surface area contributed by atoms with Crippen molar-refractivity contribution in [3.8, 4) is 0 Å². The lowest BCUT2D eigenvalue weighted by Crippen LogP contribution is -2.35. The summed E-state index contributed by atoms with van der Waals surface area (Å²) in [5.41, 5.74) is 0. The minimum absolute atomic E-state index is 0.281. The molecule has 9 heavy (non-hydrogen) atoms. The maximum atomic E-state index is 10.7. The zero-order valence-corrected chi connectivity index (χ0v) is 5.59. The molecule has 0 bridgehead atoms. The number of nitrogens with zero attached hydrogens (tertiary/aromatic N) is 1. The van der Waals surface area contributed by atoms with Gasteiger partial charge in [-0.25, -0.2) is 0 Å². The zero-order valence-electron chi connectivity index (χ0n) is 5.59. The molecule has 0 saturated carbocycles. The quantitative estimate of drug-likeness (QED) is 0.507. The summed E-state index contributed by atoms with van der Waals surface area (Å²) in [4.78, 5) is 15.8. The summed E-state index contributed by atoms with van der Waals surface area (Å²) in [5.74, 6) is 0.281. The molecule has 0 aliphatic carbocycles. The molecular formula is C6H11NO2. The third-order valence-corrected chi connectivity index (χ3v) is 1.36. The van der Waals surface area contributed by atoms with Crippen molar-refractivity contribution in [3.05, 3.63) is 0 Å². The molecule has 0 N–H and O–H groups in total. The molecule has 0 radical (unpaired) electrons. The van der Waals surface area contributed by atoms with Crippen molar-refractivity contribution in [2.75, 3.05) is 19.7 Å². The van der Waals surface area contributed by atoms with E-state index in [9.17, 15) is 4.79 Å². The van der Waals surface area contributed by atoms with Gasteiger partial charge in [-0.15, -0.1) is 0 Å². The first-order chi connectivity index (χ1) is 4.33. The molecule has 0 aromatic heterocycles. The van der Waals surface area contributed by atoms with Gasteiger partial charge in [-0.1, -0.05) is 6.92 Å². The van der Waals surface area contributed by atoms with Crippen LogP contribution >= 0.6 is 0 Å². The zero-order chi connectivity index (χ0) is 6.69. The van der Waals surface area contributed by atoms with E-state index in [2.05, 4.69) is 0 Å². The topological polar surface area (TPSA) is 29.5 Å². The van der Waals surface area contributed by atoms with E-state index < -0.39 is 0 Å². The second-order valence-electron chi connectivity index (χ2n) is 2.08. The fourth-order valence-corrected chi connectivity index (χ4v) is 0.813. The predicted molar refractivity (Wildman–Crippen MR) is 32.8 cm³/mol. The standard InChI is InChI=1S/C6H11NO2/c1-2-7-5-6(8)3-4-9-7/h2-5H2,1H3. The summed E-state index contributed by atoms with van der Waals surface area (Å²) in [6, 6.07) is 0. The number of carbonyl (C=O) groups is 1. The lowest BCUT2D eigenvalue weighted by atomic mass is 10.3. The van der Waals surface area contributed by atoms with Gasteiger partial charge in [-0.05, 0) is 0 Å². The molecule has 0 atom stereocenters. The average Bonchev–Trinajstić information content (AvgIpc) is 1.88. The van der Waals surface area contributed by atoms with Crippen LogP contribution in [0.3, 0.4) is 0 Å². The van der Waals surface area contributed by atoms with Crippen LogP contribution in [0.25, 0.3) is 0 Å². The summed E-state index contributed by atoms with van der Waals surface area (Å²) in [6.07, 6.45) is 0.580. The van der Waals surface area contributed by atoms with Gasteiger partial charge in [-0.2, -0.15) is 5.06 Å². The number of ketones is 1. The van der Waals surface area contributed by atoms with Gasteiger partial charge in [0.05, 0.1) is 13.2 Å². The number of rotatable bonds is 1. The largest absolute Gasteiger partial charge is 0.298 e. The molecule has 52 valence electrons. The van der Waals surface area contributed by atoms with Gasteiger partial charge < -0.3 is 0 Å². The van der Waals surface area contributed by atoms with Crippen LogP contribution in [0.1, 0.15) is 13.3 Å². The molecule has 3 nitrogen and oxygen atoms in total. The van der Waals surface area contributed by atoms with Crippen molar-refractivity contribution in [1.82, 2.24) is 5.06 Å². The highest BCUT2D eigenvalue weighted by molar-refractivity contribution is 5.80. The SMILES string of the molecule is CCN1CC(=O)CCO1. The maximum Gasteiger partial charge on any atom is 0.151 e. The molecular weight excluding hydrogens is 118 g/mol. The molecule has 0 amide bonds. The van der Waals surface area contributed by atoms with Crippen LogP contribution in [0.2, 0.25) is 0 Å². The average molecular weight is 129 g/mol. The van der Waals surface area contributed by atoms with Gasteiger partial charge in [0.2, 0.25) is 0 Å². The molecule has 3 heteroatoms. The molecule has 1 aliphatic rings. The Morgan fingerprint density at radius 2 is 2.56 bits per heavy atom. The third-order valence-electron chi connectivity index (χ3n) is 1.36. The monoisotopic (exact) mass is 129 g/mol. The van der Waals surface area contributed by atoms with Crippen LogP contribution in [-0.2, 0) is 9.63 Å². The number of hydroxylamine groups is 2. The third kappa shape index (κ3) is 1.77. The highest BCUT2D eigenvalue weighted by Gasteiger charge is 2.14. The van der Waals surface area contributed by atoms with E-state index in [1.54, 1.807) is 5.06 Å². The molecule has 1 rings (SSSR count). The smallest absolute Gasteiger partial charge is 0.151 e. The van der Waals surface area contributed by atoms with Crippen molar-refractivity contribution >= 4 is 5.78 Å². The van der Waals surface area contributed by atoms with E-state index >= 15 is 0 Å². The first-order valence-corrected chi connectivity index (χ1v) is 3.22. The van der Waals surface area contributed by atoms with E-state index in [0.29, 0.717) is 19.6 Å². The Balaban J connectivity index is 2.32. The van der Waals surface area contributed by atoms with E-state index in [0.717, 1.165) is 6.54 Å². The summed E-state index contributed by atoms with van der Waals surface area (Å²) in [5, 5.41) is 1.69. The minimum Gasteiger partial charge on any atom is -0.298 e. The van der Waals surface area contributed by atoms with Gasteiger partial charge in [0.1, 0.15) is 0 Å². The van der Waals surface area contributed by atoms with Crippen molar-refractivity contribution in [1.29, 1.82) is 0 Å². The van der Waals surface area contributed by atoms with Crippen molar-refractivity contribution < 1.29 is 9.63 Å². The van der Waals surface area contributed by atoms with Crippen LogP contribution < -0.4 is 0 Å². The van der Waals surface area contributed by atoms with Crippen LogP contribution in [0.15, 0.2) is 0 Å². The van der Waals surface area contributed by atoms with E-state index in [4.69, 9.17) is 4.84 Å². The molecule has 1 saturated heterocycles. The number of Topliss-reactive ketones (excluding diaryl/α,β-unsaturated/α-hetero) is 1. The second kappa shape index (κ2) is 2.94. The Morgan fingerprint density at radius 3 is 3.00 bits per heavy atom. The molecule has 1 heterocycles. The Morgan fingerprint density at radius 1 is 1.78 bits per heavy atom. The van der Waals surface area contributed by atoms with Gasteiger partial charge in [0, 0.05) is 13.0 Å². The normalized spacial score (nSPS) is 22.6. The highest BCUT2D eigenvalue weighted by atomic mass is 16.7. The molecule has 0 unspecified atom stereocenters. The van der Waals surface area contributed by atoms with Crippen LogP contribution in [-0.4, -0.2) is 30.5 Å². The second-order valence-corrected chi connectivity index (χ2v) is 2.08. The molecule has 0 aromatic rings. The Hall–Kier alpha value is -0.410. The molecule has 0 aromatic carbocycles. The molecule has 1 aliphatic heterocycles. The first-order valence-electron chi connectivity index (χ1n) is 3.22. The fourth-order valence-electron chi connectivity index (χ4n) is 0.813. The van der Waals surface area contributed by atoms with Crippen molar-refractivity contribution in [2.45, 2.75) is 13.3 Å². The van der Waals surface area contributed by atoms with Gasteiger partial charge in [-0.3, -0.25) is 9.63 Å². The van der Waals surface area contributed by atoms with Crippen LogP contribution in [0, 0.1) is 0 Å². The van der Waals surface area contributed by atoms with Gasteiger partial charge in [0.25, 0.3) is 0 Å². The number of hydrogen-bond acceptors (Lipinski definition) is 3. The predicted octanol–water partition coefficient (Wildman–Crippen LogP) is 0.213. The van der Waals surface area contributed by atoms with Gasteiger partial charge in [0.15, 0.2) is 5.78 Å². The van der Waals surface area contributed by atoms with Crippen LogP contribution in [0.5, 0.6) is 0 Å².